The third kappa shape index (κ3) is 8.10. The van der Waals surface area contributed by atoms with Gasteiger partial charge in [0.1, 0.15) is 5.75 Å². The summed E-state index contributed by atoms with van der Waals surface area (Å²) in [5.74, 6) is 0.0134. The Morgan fingerprint density at radius 2 is 1.64 bits per heavy atom. The third-order valence-electron chi connectivity index (χ3n) is 7.92. The second-order valence-electron chi connectivity index (χ2n) is 10.7. The predicted molar refractivity (Wildman–Crippen MR) is 165 cm³/mol. The van der Waals surface area contributed by atoms with Gasteiger partial charge in [-0.05, 0) is 74.5 Å². The van der Waals surface area contributed by atoms with E-state index in [4.69, 9.17) is 4.74 Å². The van der Waals surface area contributed by atoms with E-state index in [-0.39, 0.29) is 24.4 Å². The molecule has 0 bridgehead atoms. The molecule has 222 valence electrons. The van der Waals surface area contributed by atoms with E-state index in [1.165, 1.54) is 7.11 Å². The largest absolute Gasteiger partial charge is 0.494 e. The molecule has 4 rings (SSSR count). The quantitative estimate of drug-likeness (QED) is 0.248. The molecule has 9 nitrogen and oxygen atoms in total. The Balaban J connectivity index is 1.36. The van der Waals surface area contributed by atoms with E-state index in [1.54, 1.807) is 24.0 Å². The molecule has 1 unspecified atom stereocenters. The summed E-state index contributed by atoms with van der Waals surface area (Å²) >= 11 is 0. The number of piperidine rings is 1. The average molecular weight is 573 g/mol. The number of carbonyl (C=O) groups is 3. The Labute approximate surface area is 247 Å². The number of anilines is 3. The maximum absolute atomic E-state index is 12.7. The number of hydrogen-bond donors (Lipinski definition) is 3. The number of nitrogens with one attached hydrogen (secondary N) is 2. The summed E-state index contributed by atoms with van der Waals surface area (Å²) in [5, 5.41) is 15.2. The first-order valence-corrected chi connectivity index (χ1v) is 14.4. The molecule has 1 heterocycles. The second-order valence-corrected chi connectivity index (χ2v) is 10.7. The topological polar surface area (TPSA) is 111 Å². The first-order chi connectivity index (χ1) is 20.2. The first kappa shape index (κ1) is 30.6. The molecule has 0 spiro atoms. The van der Waals surface area contributed by atoms with Gasteiger partial charge in [0.05, 0.1) is 19.2 Å². The van der Waals surface area contributed by atoms with Gasteiger partial charge in [-0.2, -0.15) is 0 Å². The van der Waals surface area contributed by atoms with Crippen molar-refractivity contribution in [2.45, 2.75) is 45.6 Å². The van der Waals surface area contributed by atoms with Gasteiger partial charge in [0.2, 0.25) is 5.91 Å². The number of carboxylic acids is 1. The molecule has 0 aromatic heterocycles. The van der Waals surface area contributed by atoms with Crippen molar-refractivity contribution in [2.75, 3.05) is 42.3 Å². The molecular weight excluding hydrogens is 532 g/mol. The summed E-state index contributed by atoms with van der Waals surface area (Å²) in [4.78, 5) is 40.9. The number of benzene rings is 3. The van der Waals surface area contributed by atoms with E-state index in [0.717, 1.165) is 49.2 Å². The lowest BCUT2D eigenvalue weighted by molar-refractivity contribution is -0.138. The molecule has 42 heavy (non-hydrogen) atoms. The highest BCUT2D eigenvalue weighted by atomic mass is 16.5. The van der Waals surface area contributed by atoms with Gasteiger partial charge in [0.15, 0.2) is 0 Å². The zero-order chi connectivity index (χ0) is 30.1. The standard InChI is InChI=1S/C33H40N4O5/c1-23-9-7-8-12-28(23)34-33(41)35-29-14-13-27(21-31(29)42-3)37(24(2)38)20-17-25-15-18-36(19-16-25)30(22-32(39)40)26-10-5-4-6-11-26/h4-14,21,25,30H,15-20,22H2,1-3H3,(H,39,40)(H2,34,35,41). The number of para-hydroxylation sites is 1. The Kier molecular flexibility index (Phi) is 10.6. The van der Waals surface area contributed by atoms with Crippen molar-refractivity contribution in [1.82, 2.24) is 4.90 Å². The van der Waals surface area contributed by atoms with Crippen molar-refractivity contribution < 1.29 is 24.2 Å². The number of urea groups is 1. The number of aliphatic carboxylic acids is 1. The maximum Gasteiger partial charge on any atom is 0.323 e. The number of aryl methyl sites for hydroxylation is 1. The number of rotatable bonds is 11. The van der Waals surface area contributed by atoms with Gasteiger partial charge in [-0.25, -0.2) is 4.79 Å². The zero-order valence-electron chi connectivity index (χ0n) is 24.5. The summed E-state index contributed by atoms with van der Waals surface area (Å²) in [6.07, 6.45) is 2.80. The van der Waals surface area contributed by atoms with Gasteiger partial charge < -0.3 is 25.4 Å². The number of methoxy groups -OCH3 is 1. The van der Waals surface area contributed by atoms with Crippen molar-refractivity contribution in [3.63, 3.8) is 0 Å². The molecule has 1 saturated heterocycles. The second kappa shape index (κ2) is 14.5. The summed E-state index contributed by atoms with van der Waals surface area (Å²) in [6.45, 7) is 5.66. The van der Waals surface area contributed by atoms with Gasteiger partial charge in [-0.15, -0.1) is 0 Å². The molecule has 0 radical (unpaired) electrons. The molecule has 3 aromatic rings. The van der Waals surface area contributed by atoms with Gasteiger partial charge in [0, 0.05) is 37.0 Å². The molecule has 3 aromatic carbocycles. The number of nitrogens with zero attached hydrogens (tertiary/aromatic N) is 2. The van der Waals surface area contributed by atoms with Crippen LogP contribution in [0.2, 0.25) is 0 Å². The highest BCUT2D eigenvalue weighted by molar-refractivity contribution is 6.01. The van der Waals surface area contributed by atoms with Crippen molar-refractivity contribution in [3.8, 4) is 5.75 Å². The minimum Gasteiger partial charge on any atom is -0.494 e. The van der Waals surface area contributed by atoms with E-state index >= 15 is 0 Å². The molecule has 1 aliphatic heterocycles. The summed E-state index contributed by atoms with van der Waals surface area (Å²) in [6, 6.07) is 22.2. The third-order valence-corrected chi connectivity index (χ3v) is 7.92. The van der Waals surface area contributed by atoms with Gasteiger partial charge in [-0.3, -0.25) is 14.5 Å². The number of carbonyl (C=O) groups excluding carboxylic acids is 2. The van der Waals surface area contributed by atoms with Crippen LogP contribution in [0.15, 0.2) is 72.8 Å². The fourth-order valence-corrected chi connectivity index (χ4v) is 5.57. The molecule has 1 atom stereocenters. The molecule has 0 aliphatic carbocycles. The van der Waals surface area contributed by atoms with E-state index in [2.05, 4.69) is 15.5 Å². The van der Waals surface area contributed by atoms with Crippen molar-refractivity contribution in [3.05, 3.63) is 83.9 Å². The van der Waals surface area contributed by atoms with E-state index in [1.807, 2.05) is 67.6 Å². The Morgan fingerprint density at radius 3 is 2.29 bits per heavy atom. The Hall–Kier alpha value is -4.37. The SMILES string of the molecule is COc1cc(N(CCC2CCN(C(CC(=O)O)c3ccccc3)CC2)C(C)=O)ccc1NC(=O)Nc1ccccc1C. The fraction of sp³-hybridized carbons (Fsp3) is 0.364. The minimum absolute atomic E-state index is 0.0712. The first-order valence-electron chi connectivity index (χ1n) is 14.4. The van der Waals surface area contributed by atoms with Gasteiger partial charge in [0.25, 0.3) is 0 Å². The summed E-state index contributed by atoms with van der Waals surface area (Å²) in [7, 11) is 1.53. The lowest BCUT2D eigenvalue weighted by Gasteiger charge is -2.38. The average Bonchev–Trinajstić information content (AvgIpc) is 2.98. The number of carboxylic acid groups (broad SMARTS) is 1. The van der Waals surface area contributed by atoms with Crippen LogP contribution in [0.5, 0.6) is 5.75 Å². The normalized spacial score (nSPS) is 14.5. The smallest absolute Gasteiger partial charge is 0.323 e. The van der Waals surface area contributed by atoms with Crippen LogP contribution < -0.4 is 20.3 Å². The molecule has 1 aliphatic rings. The van der Waals surface area contributed by atoms with Crippen molar-refractivity contribution >= 4 is 35.0 Å². The van der Waals surface area contributed by atoms with Crippen LogP contribution in [0.3, 0.4) is 0 Å². The van der Waals surface area contributed by atoms with Crippen molar-refractivity contribution in [1.29, 1.82) is 0 Å². The zero-order valence-corrected chi connectivity index (χ0v) is 24.5. The molecular formula is C33H40N4O5. The highest BCUT2D eigenvalue weighted by Gasteiger charge is 2.28. The van der Waals surface area contributed by atoms with Gasteiger partial charge in [-0.1, -0.05) is 48.5 Å². The fourth-order valence-electron chi connectivity index (χ4n) is 5.57. The maximum atomic E-state index is 12.7. The van der Waals surface area contributed by atoms with Crippen LogP contribution in [0.4, 0.5) is 21.9 Å². The number of hydrogen-bond acceptors (Lipinski definition) is 5. The van der Waals surface area contributed by atoms with Crippen LogP contribution in [-0.2, 0) is 9.59 Å². The van der Waals surface area contributed by atoms with Crippen LogP contribution in [0.1, 0.15) is 49.8 Å². The lowest BCUT2D eigenvalue weighted by atomic mass is 9.90. The molecule has 1 fully saturated rings. The lowest BCUT2D eigenvalue weighted by Crippen LogP contribution is -2.39. The molecule has 9 heteroatoms. The minimum atomic E-state index is -0.799. The van der Waals surface area contributed by atoms with Gasteiger partial charge >= 0.3 is 12.0 Å². The molecule has 3 N–H and O–H groups in total. The summed E-state index contributed by atoms with van der Waals surface area (Å²) < 4.78 is 5.56. The molecule has 3 amide bonds. The van der Waals surface area contributed by atoms with Crippen molar-refractivity contribution in [2.24, 2.45) is 5.92 Å². The van der Waals surface area contributed by atoms with E-state index < -0.39 is 5.97 Å². The number of amides is 3. The number of ether oxygens (including phenoxy) is 1. The Morgan fingerprint density at radius 1 is 0.976 bits per heavy atom. The van der Waals surface area contributed by atoms with Crippen LogP contribution in [-0.4, -0.2) is 54.7 Å². The van der Waals surface area contributed by atoms with Crippen LogP contribution in [0.25, 0.3) is 0 Å². The Bertz CT molecular complexity index is 1370. The number of likely N-dealkylation sites (tertiary alicyclic amines) is 1. The van der Waals surface area contributed by atoms with E-state index in [9.17, 15) is 19.5 Å². The summed E-state index contributed by atoms with van der Waals surface area (Å²) in [5.41, 5.74) is 3.90. The van der Waals surface area contributed by atoms with Crippen LogP contribution in [0, 0.1) is 12.8 Å². The van der Waals surface area contributed by atoms with Crippen LogP contribution >= 0.6 is 0 Å². The molecule has 0 saturated carbocycles. The monoisotopic (exact) mass is 572 g/mol. The highest BCUT2D eigenvalue weighted by Crippen LogP contribution is 2.33. The predicted octanol–water partition coefficient (Wildman–Crippen LogP) is 6.32. The van der Waals surface area contributed by atoms with E-state index in [0.29, 0.717) is 29.6 Å².